The molecule has 8 nitrogen and oxygen atoms in total. The Labute approximate surface area is 189 Å². The maximum Gasteiger partial charge on any atom is 0.269 e. The first-order chi connectivity index (χ1) is 16.1. The molecule has 5 rings (SSSR count). The number of fused-ring (bicyclic) bond motifs is 1. The van der Waals surface area contributed by atoms with E-state index in [0.29, 0.717) is 11.3 Å². The first kappa shape index (κ1) is 20.5. The van der Waals surface area contributed by atoms with Gasteiger partial charge < -0.3 is 15.4 Å². The fourth-order valence-corrected chi connectivity index (χ4v) is 3.87. The van der Waals surface area contributed by atoms with E-state index in [9.17, 15) is 9.90 Å². The van der Waals surface area contributed by atoms with Gasteiger partial charge in [0.2, 0.25) is 5.60 Å². The van der Waals surface area contributed by atoms with Gasteiger partial charge in [-0.3, -0.25) is 9.78 Å². The fourth-order valence-electron chi connectivity index (χ4n) is 3.87. The molecule has 2 aromatic carbocycles. The van der Waals surface area contributed by atoms with Crippen molar-refractivity contribution in [1.29, 1.82) is 0 Å². The number of pyridine rings is 1. The van der Waals surface area contributed by atoms with Crippen molar-refractivity contribution in [3.05, 3.63) is 103 Å². The average Bonchev–Trinajstić information content (AvgIpc) is 3.41. The molecule has 33 heavy (non-hydrogen) atoms. The van der Waals surface area contributed by atoms with Gasteiger partial charge in [-0.15, -0.1) is 0 Å². The van der Waals surface area contributed by atoms with Crippen molar-refractivity contribution in [3.63, 3.8) is 0 Å². The number of carbonyl (C=O) groups is 1. The number of aromatic amines is 1. The topological polar surface area (TPSA) is 117 Å². The molecular formula is C25H20N6O2. The van der Waals surface area contributed by atoms with Crippen molar-refractivity contribution in [2.45, 2.75) is 12.5 Å². The number of benzene rings is 2. The van der Waals surface area contributed by atoms with Crippen LogP contribution in [0.15, 0.2) is 85.6 Å². The van der Waals surface area contributed by atoms with Gasteiger partial charge in [0.25, 0.3) is 5.91 Å². The number of amides is 1. The predicted molar refractivity (Wildman–Crippen MR) is 124 cm³/mol. The maximum atomic E-state index is 13.5. The first-order valence-corrected chi connectivity index (χ1v) is 10.3. The van der Waals surface area contributed by atoms with E-state index >= 15 is 0 Å². The number of nitrogens with zero attached hydrogens (tertiary/aromatic N) is 4. The number of rotatable bonds is 5. The summed E-state index contributed by atoms with van der Waals surface area (Å²) in [5.41, 5.74) is 2.05. The van der Waals surface area contributed by atoms with E-state index in [2.05, 4.69) is 30.5 Å². The van der Waals surface area contributed by atoms with Crippen LogP contribution in [0.3, 0.4) is 0 Å². The van der Waals surface area contributed by atoms with Crippen molar-refractivity contribution in [2.24, 2.45) is 0 Å². The molecule has 0 aliphatic rings. The summed E-state index contributed by atoms with van der Waals surface area (Å²) in [7, 11) is 0. The zero-order valence-electron chi connectivity index (χ0n) is 17.7. The van der Waals surface area contributed by atoms with E-state index in [4.69, 9.17) is 0 Å². The van der Waals surface area contributed by atoms with Crippen LogP contribution in [0, 0.1) is 6.92 Å². The molecule has 1 amide bonds. The van der Waals surface area contributed by atoms with Crippen LogP contribution in [0.5, 0.6) is 0 Å². The van der Waals surface area contributed by atoms with Gasteiger partial charge in [-0.1, -0.05) is 48.5 Å². The van der Waals surface area contributed by atoms with Crippen molar-refractivity contribution >= 4 is 22.5 Å². The highest BCUT2D eigenvalue weighted by Gasteiger charge is 2.42. The van der Waals surface area contributed by atoms with Gasteiger partial charge in [0.15, 0.2) is 5.82 Å². The molecule has 0 fully saturated rings. The summed E-state index contributed by atoms with van der Waals surface area (Å²) < 4.78 is 0. The van der Waals surface area contributed by atoms with Crippen molar-refractivity contribution in [3.8, 4) is 11.1 Å². The standard InChI is InChI=1S/C25H20N6O2/c1-16-19(20-14-29-31-21-10-6-5-9-18(20)21)13-26-15-22(16)30-24(32)25(33,23-27-11-12-28-23)17-7-3-2-4-8-17/h2-15,33H,1H3,(H,27,28)(H,30,32)/t25-/m0/s1. The number of aromatic nitrogens is 5. The number of H-pyrrole nitrogens is 1. The van der Waals surface area contributed by atoms with E-state index < -0.39 is 11.5 Å². The number of hydrogen-bond acceptors (Lipinski definition) is 6. The smallest absolute Gasteiger partial charge is 0.269 e. The van der Waals surface area contributed by atoms with E-state index in [1.54, 1.807) is 49.1 Å². The Balaban J connectivity index is 1.57. The maximum absolute atomic E-state index is 13.5. The molecule has 0 aliphatic heterocycles. The summed E-state index contributed by atoms with van der Waals surface area (Å²) in [6.07, 6.45) is 8.02. The Morgan fingerprint density at radius 1 is 1.00 bits per heavy atom. The molecule has 0 saturated heterocycles. The van der Waals surface area contributed by atoms with Gasteiger partial charge in [-0.25, -0.2) is 4.98 Å². The summed E-state index contributed by atoms with van der Waals surface area (Å²) in [6, 6.07) is 16.4. The highest BCUT2D eigenvalue weighted by molar-refractivity contribution is 6.01. The van der Waals surface area contributed by atoms with Crippen molar-refractivity contribution in [1.82, 2.24) is 25.1 Å². The second-order valence-corrected chi connectivity index (χ2v) is 7.60. The third kappa shape index (κ3) is 3.52. The molecule has 3 aromatic heterocycles. The predicted octanol–water partition coefficient (Wildman–Crippen LogP) is 3.60. The van der Waals surface area contributed by atoms with Gasteiger partial charge in [0.1, 0.15) is 0 Å². The summed E-state index contributed by atoms with van der Waals surface area (Å²) in [6.45, 7) is 1.89. The fraction of sp³-hybridized carbons (Fsp3) is 0.0800. The average molecular weight is 436 g/mol. The van der Waals surface area contributed by atoms with Crippen LogP contribution >= 0.6 is 0 Å². The molecule has 162 valence electrons. The van der Waals surface area contributed by atoms with Crippen LogP contribution in [0.4, 0.5) is 5.69 Å². The lowest BCUT2D eigenvalue weighted by molar-refractivity contribution is -0.131. The largest absolute Gasteiger partial charge is 0.369 e. The molecule has 1 atom stereocenters. The van der Waals surface area contributed by atoms with Crippen molar-refractivity contribution < 1.29 is 9.90 Å². The van der Waals surface area contributed by atoms with Crippen LogP contribution in [0.1, 0.15) is 17.0 Å². The van der Waals surface area contributed by atoms with E-state index in [-0.39, 0.29) is 5.82 Å². The third-order valence-electron chi connectivity index (χ3n) is 5.66. The zero-order chi connectivity index (χ0) is 22.8. The molecule has 0 aliphatic carbocycles. The molecule has 8 heteroatoms. The highest BCUT2D eigenvalue weighted by atomic mass is 16.3. The number of hydrogen-bond donors (Lipinski definition) is 3. The lowest BCUT2D eigenvalue weighted by Gasteiger charge is -2.26. The number of nitrogens with one attached hydrogen (secondary N) is 2. The molecule has 0 unspecified atom stereocenters. The van der Waals surface area contributed by atoms with E-state index in [1.165, 1.54) is 6.20 Å². The Kier molecular flexibility index (Phi) is 5.12. The summed E-state index contributed by atoms with van der Waals surface area (Å²) in [5, 5.41) is 23.6. The minimum atomic E-state index is -2.02. The van der Waals surface area contributed by atoms with Crippen LogP contribution in [-0.4, -0.2) is 36.2 Å². The van der Waals surface area contributed by atoms with Gasteiger partial charge in [-0.05, 0) is 18.6 Å². The minimum absolute atomic E-state index is 0.122. The zero-order valence-corrected chi connectivity index (χ0v) is 17.7. The molecule has 0 saturated carbocycles. The second kappa shape index (κ2) is 8.25. The Hall–Kier alpha value is -4.43. The molecule has 5 aromatic rings. The quantitative estimate of drug-likeness (QED) is 0.388. The monoisotopic (exact) mass is 436 g/mol. The number of carbonyl (C=O) groups excluding carboxylic acids is 1. The first-order valence-electron chi connectivity index (χ1n) is 10.3. The Bertz CT molecular complexity index is 1430. The summed E-state index contributed by atoms with van der Waals surface area (Å²) in [4.78, 5) is 24.8. The van der Waals surface area contributed by atoms with Crippen LogP contribution in [-0.2, 0) is 10.4 Å². The Morgan fingerprint density at radius 2 is 1.79 bits per heavy atom. The SMILES string of the molecule is Cc1c(NC(=O)[C@](O)(c2ccccc2)c2ncc[nH]2)cncc1-c1cnnc2ccccc12. The van der Waals surface area contributed by atoms with Gasteiger partial charge in [0.05, 0.1) is 23.6 Å². The van der Waals surface area contributed by atoms with E-state index in [1.807, 2.05) is 37.3 Å². The van der Waals surface area contributed by atoms with Gasteiger partial charge >= 0.3 is 0 Å². The molecule has 0 radical (unpaired) electrons. The van der Waals surface area contributed by atoms with Crippen LogP contribution in [0.2, 0.25) is 0 Å². The normalized spacial score (nSPS) is 12.9. The molecule has 0 bridgehead atoms. The molecular weight excluding hydrogens is 416 g/mol. The number of anilines is 1. The third-order valence-corrected chi connectivity index (χ3v) is 5.66. The molecule has 0 spiro atoms. The lowest BCUT2D eigenvalue weighted by Crippen LogP contribution is -2.42. The minimum Gasteiger partial charge on any atom is -0.369 e. The van der Waals surface area contributed by atoms with Crippen molar-refractivity contribution in [2.75, 3.05) is 5.32 Å². The van der Waals surface area contributed by atoms with Crippen LogP contribution in [0.25, 0.3) is 22.0 Å². The molecule has 3 N–H and O–H groups in total. The second-order valence-electron chi connectivity index (χ2n) is 7.60. The highest BCUT2D eigenvalue weighted by Crippen LogP contribution is 2.33. The van der Waals surface area contributed by atoms with E-state index in [0.717, 1.165) is 27.6 Å². The summed E-state index contributed by atoms with van der Waals surface area (Å²) >= 11 is 0. The number of imidazole rings is 1. The number of aliphatic hydroxyl groups is 1. The Morgan fingerprint density at radius 3 is 2.58 bits per heavy atom. The van der Waals surface area contributed by atoms with Gasteiger partial charge in [0, 0.05) is 40.7 Å². The van der Waals surface area contributed by atoms with Gasteiger partial charge in [-0.2, -0.15) is 10.2 Å². The lowest BCUT2D eigenvalue weighted by atomic mass is 9.91. The molecule has 3 heterocycles. The van der Waals surface area contributed by atoms with Crippen LogP contribution < -0.4 is 5.32 Å². The summed E-state index contributed by atoms with van der Waals surface area (Å²) in [5.74, 6) is -0.527.